The van der Waals surface area contributed by atoms with Gasteiger partial charge in [0.1, 0.15) is 0 Å². The Morgan fingerprint density at radius 3 is 1.00 bits per heavy atom. The van der Waals surface area contributed by atoms with E-state index < -0.39 is 71.1 Å². The molecule has 0 aromatic rings. The van der Waals surface area contributed by atoms with Gasteiger partial charge in [0, 0.05) is 12.1 Å². The van der Waals surface area contributed by atoms with Gasteiger partial charge in [-0.15, -0.1) is 0 Å². The van der Waals surface area contributed by atoms with Crippen LogP contribution in [0.4, 0.5) is 0 Å². The molecule has 0 amide bonds. The highest BCUT2D eigenvalue weighted by molar-refractivity contribution is 6.85. The van der Waals surface area contributed by atoms with Crippen molar-refractivity contribution in [2.45, 2.75) is 104 Å². The van der Waals surface area contributed by atoms with Crippen LogP contribution in [0.25, 0.3) is 0 Å². The lowest BCUT2D eigenvalue weighted by Crippen LogP contribution is -2.57. The third-order valence-electron chi connectivity index (χ3n) is 3.50. The van der Waals surface area contributed by atoms with E-state index in [1.165, 1.54) is 0 Å². The van der Waals surface area contributed by atoms with Gasteiger partial charge in [-0.2, -0.15) is 0 Å². The maximum absolute atomic E-state index is 6.73. The second kappa shape index (κ2) is 14.0. The van der Waals surface area contributed by atoms with Crippen LogP contribution in [0, 0.1) is 0 Å². The molecule has 0 saturated carbocycles. The molecule has 0 atom stereocenters. The first-order valence-corrected chi connectivity index (χ1v) is 32.8. The predicted octanol–water partition coefficient (Wildman–Crippen LogP) is 4.11. The zero-order valence-electron chi connectivity index (χ0n) is 22.0. The van der Waals surface area contributed by atoms with Crippen molar-refractivity contribution in [3.8, 4) is 0 Å². The Morgan fingerprint density at radius 2 is 0.733 bits per heavy atom. The van der Waals surface area contributed by atoms with Crippen molar-refractivity contribution >= 4 is 71.1 Å². The van der Waals surface area contributed by atoms with Crippen LogP contribution in [0.15, 0.2) is 0 Å². The van der Waals surface area contributed by atoms with Gasteiger partial charge in [0.15, 0.2) is 53.5 Å². The lowest BCUT2D eigenvalue weighted by Gasteiger charge is -2.39. The Balaban J connectivity index is 5.69. The number of rotatable bonds is 16. The Kier molecular flexibility index (Phi) is 14.7. The molecule has 0 unspecified atom stereocenters. The van der Waals surface area contributed by atoms with E-state index in [1.807, 2.05) is 0 Å². The molecule has 14 heteroatoms. The van der Waals surface area contributed by atoms with Crippen LogP contribution in [0.3, 0.4) is 0 Å². The van der Waals surface area contributed by atoms with Crippen molar-refractivity contribution in [1.29, 1.82) is 0 Å². The summed E-state index contributed by atoms with van der Waals surface area (Å²) in [5.41, 5.74) is 0. The van der Waals surface area contributed by atoms with Gasteiger partial charge in [-0.1, -0.05) is 0 Å². The SMILES string of the molecule is C[SiH](C)O[Si](CCC[Si](O[SiH](C)C)(O[SiH](C)C)O[Si](C)(C)C)(O[SiH](C)C)O[SiH](C)C. The minimum absolute atomic E-state index is 0.845. The van der Waals surface area contributed by atoms with E-state index in [0.717, 1.165) is 18.5 Å². The lowest BCUT2D eigenvalue weighted by atomic mass is 10.6. The Hall–Kier alpha value is 1.50. The van der Waals surface area contributed by atoms with Crippen molar-refractivity contribution in [2.75, 3.05) is 0 Å². The molecule has 0 fully saturated rings. The van der Waals surface area contributed by atoms with E-state index >= 15 is 0 Å². The highest BCUT2D eigenvalue weighted by atomic mass is 28.5. The van der Waals surface area contributed by atoms with E-state index in [1.54, 1.807) is 0 Å². The van der Waals surface area contributed by atoms with Gasteiger partial charge in [0.25, 0.3) is 0 Å². The van der Waals surface area contributed by atoms with Crippen LogP contribution in [-0.2, 0) is 24.7 Å². The van der Waals surface area contributed by atoms with Crippen molar-refractivity contribution in [3.63, 3.8) is 0 Å². The lowest BCUT2D eigenvalue weighted by molar-refractivity contribution is 0.254. The Morgan fingerprint density at radius 1 is 0.467 bits per heavy atom. The highest BCUT2D eigenvalue weighted by Crippen LogP contribution is 2.29. The normalized spacial score (nSPS) is 14.2. The maximum Gasteiger partial charge on any atom is 0.469 e. The summed E-state index contributed by atoms with van der Waals surface area (Å²) in [7, 11) is -13.6. The van der Waals surface area contributed by atoms with E-state index in [0.29, 0.717) is 0 Å². The fraction of sp³-hybridized carbons (Fsp3) is 1.00. The first-order valence-electron chi connectivity index (χ1n) is 11.6. The van der Waals surface area contributed by atoms with Crippen LogP contribution in [0.5, 0.6) is 0 Å². The van der Waals surface area contributed by atoms with Gasteiger partial charge < -0.3 is 24.7 Å². The van der Waals surface area contributed by atoms with Crippen molar-refractivity contribution in [2.24, 2.45) is 0 Å². The van der Waals surface area contributed by atoms with Crippen molar-refractivity contribution in [3.05, 3.63) is 0 Å². The quantitative estimate of drug-likeness (QED) is 0.264. The summed E-state index contributed by atoms with van der Waals surface area (Å²) in [5, 5.41) is 0. The smallest absolute Gasteiger partial charge is 0.420 e. The van der Waals surface area contributed by atoms with Gasteiger partial charge in [-0.3, -0.25) is 0 Å². The molecule has 0 bridgehead atoms. The Labute approximate surface area is 198 Å². The van der Waals surface area contributed by atoms with Crippen LogP contribution in [-0.4, -0.2) is 71.1 Å². The number of hydrogen-bond acceptors (Lipinski definition) is 6. The molecule has 0 rings (SSSR count). The average molecular weight is 563 g/mol. The van der Waals surface area contributed by atoms with E-state index in [4.69, 9.17) is 24.7 Å². The molecule has 30 heavy (non-hydrogen) atoms. The molecule has 0 spiro atoms. The minimum atomic E-state index is -2.70. The maximum atomic E-state index is 6.73. The van der Waals surface area contributed by atoms with E-state index in [2.05, 4.69) is 85.1 Å². The molecule has 0 aromatic heterocycles. The molecule has 0 aliphatic carbocycles. The summed E-state index contributed by atoms with van der Waals surface area (Å²) in [6.07, 6.45) is 0.925. The van der Waals surface area contributed by atoms with Gasteiger partial charge in [-0.05, 0) is 91.5 Å². The fourth-order valence-electron chi connectivity index (χ4n) is 3.29. The Bertz CT molecular complexity index is 437. The van der Waals surface area contributed by atoms with Crippen LogP contribution < -0.4 is 0 Å². The largest absolute Gasteiger partial charge is 0.469 e. The van der Waals surface area contributed by atoms with Crippen LogP contribution in [0.2, 0.25) is 97.2 Å². The van der Waals surface area contributed by atoms with E-state index in [-0.39, 0.29) is 0 Å². The topological polar surface area (TPSA) is 55.4 Å². The summed E-state index contributed by atoms with van der Waals surface area (Å²) in [5.74, 6) is 0. The molecule has 182 valence electrons. The van der Waals surface area contributed by atoms with Gasteiger partial charge >= 0.3 is 17.6 Å². The minimum Gasteiger partial charge on any atom is -0.420 e. The third kappa shape index (κ3) is 14.6. The second-order valence-corrected chi connectivity index (χ2v) is 34.2. The second-order valence-electron chi connectivity index (χ2n) is 10.3. The molecule has 0 N–H and O–H groups in total. The molecule has 0 saturated heterocycles. The van der Waals surface area contributed by atoms with Crippen LogP contribution >= 0.6 is 0 Å². The highest BCUT2D eigenvalue weighted by Gasteiger charge is 2.48. The fourth-order valence-corrected chi connectivity index (χ4v) is 29.9. The van der Waals surface area contributed by atoms with Gasteiger partial charge in [-0.25, -0.2) is 0 Å². The van der Waals surface area contributed by atoms with Crippen molar-refractivity contribution in [1.82, 2.24) is 0 Å². The summed E-state index contributed by atoms with van der Waals surface area (Å²) in [4.78, 5) is 0. The molecular formula is C16H50O6Si8. The van der Waals surface area contributed by atoms with Gasteiger partial charge in [0.05, 0.1) is 0 Å². The molecule has 0 aromatic carbocycles. The number of hydrogen-bond donors (Lipinski definition) is 0. The summed E-state index contributed by atoms with van der Waals surface area (Å²) >= 11 is 0. The zero-order valence-corrected chi connectivity index (χ0v) is 30.7. The molecule has 0 radical (unpaired) electrons. The molecule has 0 heterocycles. The predicted molar refractivity (Wildman–Crippen MR) is 150 cm³/mol. The van der Waals surface area contributed by atoms with Gasteiger partial charge in [0.2, 0.25) is 0 Å². The summed E-state index contributed by atoms with van der Waals surface area (Å²) < 4.78 is 39.6. The average Bonchev–Trinajstić information content (AvgIpc) is 2.40. The summed E-state index contributed by atoms with van der Waals surface area (Å²) in [6, 6.07) is 1.70. The third-order valence-corrected chi connectivity index (χ3v) is 25.7. The molecular weight excluding hydrogens is 513 g/mol. The molecule has 0 aliphatic heterocycles. The van der Waals surface area contributed by atoms with Crippen LogP contribution in [0.1, 0.15) is 6.42 Å². The first kappa shape index (κ1) is 31.5. The first-order chi connectivity index (χ1) is 13.5. The molecule has 6 nitrogen and oxygen atoms in total. The van der Waals surface area contributed by atoms with E-state index in [9.17, 15) is 0 Å². The van der Waals surface area contributed by atoms with Crippen molar-refractivity contribution < 1.29 is 24.7 Å². The molecule has 0 aliphatic rings. The monoisotopic (exact) mass is 562 g/mol. The summed E-state index contributed by atoms with van der Waals surface area (Å²) in [6.45, 7) is 28.9. The zero-order chi connectivity index (χ0) is 23.8. The standard InChI is InChI=1S/C16H50O6Si8/c1-23(2)17-29(18-24(3)4,19-25(5)6)15-14-16-30(20-26(7)8,21-27(9)10)22-28(11,12)13/h23-27H,14-16H2,1-13H3.